The van der Waals surface area contributed by atoms with Gasteiger partial charge in [0.05, 0.1) is 4.75 Å². The molecule has 0 aliphatic rings. The van der Waals surface area contributed by atoms with E-state index in [1.54, 1.807) is 6.21 Å². The number of rotatable bonds is 7. The first kappa shape index (κ1) is 16.5. The van der Waals surface area contributed by atoms with Gasteiger partial charge in [-0.25, -0.2) is 4.21 Å². The van der Waals surface area contributed by atoms with Crippen LogP contribution in [0.25, 0.3) is 0 Å². The topological polar surface area (TPSA) is 46.5 Å². The zero-order valence-electron chi connectivity index (χ0n) is 11.7. The summed E-state index contributed by atoms with van der Waals surface area (Å²) < 4.78 is 15.3. The summed E-state index contributed by atoms with van der Waals surface area (Å²) in [5, 5.41) is 0. The predicted octanol–water partition coefficient (Wildman–Crippen LogP) is 3.30. The largest absolute Gasteiger partial charge is 0.299 e. The molecule has 0 aromatic heterocycles. The summed E-state index contributed by atoms with van der Waals surface area (Å²) in [5.41, 5.74) is 0. The molecule has 4 heteroatoms. The van der Waals surface area contributed by atoms with Gasteiger partial charge in [-0.05, 0) is 40.0 Å². The van der Waals surface area contributed by atoms with E-state index >= 15 is 0 Å². The Bertz CT molecular complexity index is 290. The zero-order chi connectivity index (χ0) is 13.5. The molecule has 0 saturated heterocycles. The quantitative estimate of drug-likeness (QED) is 0.520. The first-order valence-corrected chi connectivity index (χ1v) is 7.33. The van der Waals surface area contributed by atoms with Gasteiger partial charge >= 0.3 is 0 Å². The highest BCUT2D eigenvalue weighted by molar-refractivity contribution is 7.85. The second-order valence-electron chi connectivity index (χ2n) is 5.52. The Morgan fingerprint density at radius 1 is 1.29 bits per heavy atom. The number of hydrogen-bond acceptors (Lipinski definition) is 2. The van der Waals surface area contributed by atoms with Crippen LogP contribution in [0.4, 0.5) is 0 Å². The highest BCUT2D eigenvalue weighted by Crippen LogP contribution is 2.12. The standard InChI is InChI=1S/C13H25NO2S/c1-11(2)12(15)9-7-6-8-10-14-17(16)13(3,4)5/h10-11H,6-9H2,1-5H3/b14-10+/t17-/m1/s1. The van der Waals surface area contributed by atoms with E-state index in [4.69, 9.17) is 0 Å². The molecule has 1 atom stereocenters. The van der Waals surface area contributed by atoms with E-state index in [9.17, 15) is 9.00 Å². The molecule has 3 nitrogen and oxygen atoms in total. The first-order valence-electron chi connectivity index (χ1n) is 6.22. The fourth-order valence-electron chi connectivity index (χ4n) is 1.10. The van der Waals surface area contributed by atoms with Crippen molar-refractivity contribution in [2.24, 2.45) is 10.3 Å². The monoisotopic (exact) mass is 259 g/mol. The molecule has 0 amide bonds. The molecule has 0 heterocycles. The number of ketones is 1. The number of carbonyl (C=O) groups excluding carboxylic acids is 1. The molecule has 0 N–H and O–H groups in total. The molecule has 0 aromatic carbocycles. The minimum Gasteiger partial charge on any atom is -0.299 e. The van der Waals surface area contributed by atoms with Crippen molar-refractivity contribution in [3.05, 3.63) is 0 Å². The van der Waals surface area contributed by atoms with Crippen LogP contribution in [-0.4, -0.2) is 21.0 Å². The maximum absolute atomic E-state index is 11.6. The van der Waals surface area contributed by atoms with Crippen molar-refractivity contribution < 1.29 is 9.00 Å². The number of unbranched alkanes of at least 4 members (excludes halogenated alkanes) is 2. The molecule has 0 rings (SSSR count). The van der Waals surface area contributed by atoms with E-state index in [0.717, 1.165) is 19.3 Å². The second kappa shape index (κ2) is 7.75. The average Bonchev–Trinajstić information content (AvgIpc) is 2.20. The van der Waals surface area contributed by atoms with Gasteiger partial charge < -0.3 is 0 Å². The van der Waals surface area contributed by atoms with Gasteiger partial charge in [0.25, 0.3) is 0 Å². The Balaban J connectivity index is 3.69. The second-order valence-corrected chi connectivity index (χ2v) is 7.45. The zero-order valence-corrected chi connectivity index (χ0v) is 12.5. The number of Topliss-reactive ketones (excluding diaryl/α,β-unsaturated/α-hetero) is 1. The highest BCUT2D eigenvalue weighted by Gasteiger charge is 2.17. The highest BCUT2D eigenvalue weighted by atomic mass is 32.2. The SMILES string of the molecule is CC(C)C(=O)CCCC/C=N/[S@](=O)C(C)(C)C. The van der Waals surface area contributed by atoms with Gasteiger partial charge in [0.1, 0.15) is 16.8 Å². The average molecular weight is 259 g/mol. The van der Waals surface area contributed by atoms with Crippen LogP contribution in [-0.2, 0) is 15.8 Å². The fraction of sp³-hybridized carbons (Fsp3) is 0.846. The minimum absolute atomic E-state index is 0.136. The van der Waals surface area contributed by atoms with E-state index in [1.807, 2.05) is 34.6 Å². The summed E-state index contributed by atoms with van der Waals surface area (Å²) in [4.78, 5) is 11.3. The maximum Gasteiger partial charge on any atom is 0.144 e. The van der Waals surface area contributed by atoms with Gasteiger partial charge in [-0.3, -0.25) is 4.79 Å². The van der Waals surface area contributed by atoms with Crippen LogP contribution in [0.1, 0.15) is 60.3 Å². The molecule has 0 aromatic rings. The third-order valence-electron chi connectivity index (χ3n) is 2.34. The first-order chi connectivity index (χ1) is 7.75. The van der Waals surface area contributed by atoms with Crippen molar-refractivity contribution in [2.75, 3.05) is 0 Å². The van der Waals surface area contributed by atoms with Gasteiger partial charge in [0.2, 0.25) is 0 Å². The summed E-state index contributed by atoms with van der Waals surface area (Å²) in [6.07, 6.45) is 5.00. The lowest BCUT2D eigenvalue weighted by Gasteiger charge is -2.12. The summed E-state index contributed by atoms with van der Waals surface area (Å²) in [6.45, 7) is 9.57. The molecule has 0 unspecified atom stereocenters. The Morgan fingerprint density at radius 3 is 2.35 bits per heavy atom. The van der Waals surface area contributed by atoms with E-state index in [1.165, 1.54) is 0 Å². The van der Waals surface area contributed by atoms with Crippen molar-refractivity contribution in [1.29, 1.82) is 0 Å². The van der Waals surface area contributed by atoms with E-state index in [2.05, 4.69) is 4.40 Å². The normalized spacial score (nSPS) is 14.5. The van der Waals surface area contributed by atoms with Crippen molar-refractivity contribution >= 4 is 23.0 Å². The summed E-state index contributed by atoms with van der Waals surface area (Å²) in [6, 6.07) is 0. The number of carbonyl (C=O) groups is 1. The van der Waals surface area contributed by atoms with Crippen molar-refractivity contribution in [3.63, 3.8) is 0 Å². The molecule has 0 radical (unpaired) electrons. The third kappa shape index (κ3) is 8.25. The van der Waals surface area contributed by atoms with Crippen LogP contribution < -0.4 is 0 Å². The van der Waals surface area contributed by atoms with Crippen LogP contribution in [0.15, 0.2) is 4.40 Å². The van der Waals surface area contributed by atoms with Crippen LogP contribution in [0.2, 0.25) is 0 Å². The molecule has 17 heavy (non-hydrogen) atoms. The number of nitrogens with zero attached hydrogens (tertiary/aromatic N) is 1. The van der Waals surface area contributed by atoms with E-state index in [-0.39, 0.29) is 10.7 Å². The Hall–Kier alpha value is -0.510. The van der Waals surface area contributed by atoms with Crippen LogP contribution >= 0.6 is 0 Å². The summed E-state index contributed by atoms with van der Waals surface area (Å²) in [7, 11) is -1.16. The predicted molar refractivity (Wildman–Crippen MR) is 74.7 cm³/mol. The van der Waals surface area contributed by atoms with E-state index in [0.29, 0.717) is 12.2 Å². The van der Waals surface area contributed by atoms with Crippen LogP contribution in [0, 0.1) is 5.92 Å². The van der Waals surface area contributed by atoms with Gasteiger partial charge in [-0.1, -0.05) is 13.8 Å². The Morgan fingerprint density at radius 2 is 1.88 bits per heavy atom. The van der Waals surface area contributed by atoms with Crippen molar-refractivity contribution in [1.82, 2.24) is 0 Å². The third-order valence-corrected chi connectivity index (χ3v) is 3.73. The summed E-state index contributed by atoms with van der Waals surface area (Å²) >= 11 is 0. The lowest BCUT2D eigenvalue weighted by molar-refractivity contribution is -0.122. The molecule has 0 fully saturated rings. The number of hydrogen-bond donors (Lipinski definition) is 0. The lowest BCUT2D eigenvalue weighted by atomic mass is 10.0. The summed E-state index contributed by atoms with van der Waals surface area (Å²) in [5.74, 6) is 0.456. The Kier molecular flexibility index (Phi) is 7.51. The molecule has 100 valence electrons. The molecule has 0 bridgehead atoms. The maximum atomic E-state index is 11.6. The molecular formula is C13H25NO2S. The van der Waals surface area contributed by atoms with Gasteiger partial charge in [-0.15, -0.1) is 0 Å². The van der Waals surface area contributed by atoms with Crippen LogP contribution in [0.5, 0.6) is 0 Å². The molecule has 0 aliphatic carbocycles. The molecule has 0 saturated carbocycles. The fourth-order valence-corrected chi connectivity index (χ4v) is 1.66. The molecule has 0 spiro atoms. The molecule has 0 aliphatic heterocycles. The van der Waals surface area contributed by atoms with E-state index < -0.39 is 11.0 Å². The Labute approximate surface area is 108 Å². The van der Waals surface area contributed by atoms with Crippen molar-refractivity contribution in [2.45, 2.75) is 65.0 Å². The lowest BCUT2D eigenvalue weighted by Crippen LogP contribution is -2.19. The van der Waals surface area contributed by atoms with Crippen LogP contribution in [0.3, 0.4) is 0 Å². The van der Waals surface area contributed by atoms with Gasteiger partial charge in [-0.2, -0.15) is 4.40 Å². The smallest absolute Gasteiger partial charge is 0.144 e. The van der Waals surface area contributed by atoms with Crippen molar-refractivity contribution in [3.8, 4) is 0 Å². The van der Waals surface area contributed by atoms with Gasteiger partial charge in [0.15, 0.2) is 0 Å². The molecular weight excluding hydrogens is 234 g/mol. The minimum atomic E-state index is -1.16. The van der Waals surface area contributed by atoms with Gasteiger partial charge in [0, 0.05) is 18.6 Å².